The Morgan fingerprint density at radius 2 is 1.67 bits per heavy atom. The molecule has 2 aromatic rings. The van der Waals surface area contributed by atoms with Gasteiger partial charge in [-0.2, -0.15) is 0 Å². The standard InChI is InChI=1S/C25H34N4O/c1-27(19-21-6-3-2-4-7-21)24-11-16-29(17-12-24)25(30)23-9-14-28(15-10-23)20-22-8-5-13-26-18-22/h2-8,13,18,23-24H,9-12,14-17,19-20H2,1H3. The van der Waals surface area contributed by atoms with Crippen molar-refractivity contribution in [3.05, 3.63) is 66.0 Å². The summed E-state index contributed by atoms with van der Waals surface area (Å²) in [4.78, 5) is 24.3. The first-order valence-electron chi connectivity index (χ1n) is 11.3. The Hall–Kier alpha value is -2.24. The fourth-order valence-corrected chi connectivity index (χ4v) is 4.87. The molecule has 1 aromatic heterocycles. The maximum absolute atomic E-state index is 13.1. The van der Waals surface area contributed by atoms with Crippen LogP contribution in [0.3, 0.4) is 0 Å². The Morgan fingerprint density at radius 3 is 2.33 bits per heavy atom. The molecule has 30 heavy (non-hydrogen) atoms. The molecule has 4 rings (SSSR count). The number of aromatic nitrogens is 1. The van der Waals surface area contributed by atoms with Gasteiger partial charge >= 0.3 is 0 Å². The van der Waals surface area contributed by atoms with E-state index in [1.165, 1.54) is 11.1 Å². The highest BCUT2D eigenvalue weighted by molar-refractivity contribution is 5.79. The summed E-state index contributed by atoms with van der Waals surface area (Å²) in [5.41, 5.74) is 2.61. The van der Waals surface area contributed by atoms with E-state index < -0.39 is 0 Å². The van der Waals surface area contributed by atoms with Gasteiger partial charge in [0.15, 0.2) is 0 Å². The van der Waals surface area contributed by atoms with E-state index in [1.807, 2.05) is 18.5 Å². The van der Waals surface area contributed by atoms with Gasteiger partial charge in [0, 0.05) is 50.5 Å². The molecule has 2 aliphatic rings. The minimum absolute atomic E-state index is 0.203. The highest BCUT2D eigenvalue weighted by atomic mass is 16.2. The number of carbonyl (C=O) groups is 1. The summed E-state index contributed by atoms with van der Waals surface area (Å²) in [5, 5.41) is 0. The number of piperidine rings is 2. The summed E-state index contributed by atoms with van der Waals surface area (Å²) < 4.78 is 0. The van der Waals surface area contributed by atoms with E-state index in [0.29, 0.717) is 11.9 Å². The van der Waals surface area contributed by atoms with Crippen LogP contribution in [-0.4, -0.2) is 64.9 Å². The highest BCUT2D eigenvalue weighted by Gasteiger charge is 2.31. The van der Waals surface area contributed by atoms with Gasteiger partial charge in [-0.05, 0) is 63.0 Å². The number of hydrogen-bond donors (Lipinski definition) is 0. The van der Waals surface area contributed by atoms with Gasteiger partial charge in [0.25, 0.3) is 0 Å². The first-order chi connectivity index (χ1) is 14.7. The van der Waals surface area contributed by atoms with Crippen molar-refractivity contribution in [2.24, 2.45) is 5.92 Å². The Kier molecular flexibility index (Phi) is 7.13. The number of rotatable bonds is 6. The topological polar surface area (TPSA) is 39.7 Å². The fourth-order valence-electron chi connectivity index (χ4n) is 4.87. The first-order valence-corrected chi connectivity index (χ1v) is 11.3. The molecule has 3 heterocycles. The predicted octanol–water partition coefficient (Wildman–Crippen LogP) is 3.42. The molecular formula is C25H34N4O. The zero-order valence-corrected chi connectivity index (χ0v) is 18.1. The van der Waals surface area contributed by atoms with E-state index in [-0.39, 0.29) is 5.92 Å². The molecule has 0 unspecified atom stereocenters. The first kappa shape index (κ1) is 21.0. The van der Waals surface area contributed by atoms with Gasteiger partial charge in [0.05, 0.1) is 0 Å². The second-order valence-corrected chi connectivity index (χ2v) is 8.87. The highest BCUT2D eigenvalue weighted by Crippen LogP contribution is 2.24. The number of hydrogen-bond acceptors (Lipinski definition) is 4. The molecule has 160 valence electrons. The van der Waals surface area contributed by atoms with Gasteiger partial charge in [-0.15, -0.1) is 0 Å². The lowest BCUT2D eigenvalue weighted by molar-refractivity contribution is -0.138. The molecular weight excluding hydrogens is 372 g/mol. The van der Waals surface area contributed by atoms with Crippen molar-refractivity contribution < 1.29 is 4.79 Å². The van der Waals surface area contributed by atoms with Gasteiger partial charge in [-0.1, -0.05) is 36.4 Å². The molecule has 0 aliphatic carbocycles. The van der Waals surface area contributed by atoms with Crippen LogP contribution >= 0.6 is 0 Å². The molecule has 0 saturated carbocycles. The lowest BCUT2D eigenvalue weighted by Crippen LogP contribution is -2.48. The third kappa shape index (κ3) is 5.46. The van der Waals surface area contributed by atoms with Crippen molar-refractivity contribution in [1.82, 2.24) is 19.7 Å². The number of carbonyl (C=O) groups excluding carboxylic acids is 1. The second kappa shape index (κ2) is 10.2. The van der Waals surface area contributed by atoms with Crippen molar-refractivity contribution in [2.75, 3.05) is 33.2 Å². The molecule has 5 heteroatoms. The van der Waals surface area contributed by atoms with Crippen LogP contribution in [-0.2, 0) is 17.9 Å². The van der Waals surface area contributed by atoms with Gasteiger partial charge in [-0.3, -0.25) is 19.6 Å². The summed E-state index contributed by atoms with van der Waals surface area (Å²) in [6.45, 7) is 5.73. The maximum atomic E-state index is 13.1. The number of pyridine rings is 1. The zero-order valence-electron chi connectivity index (χ0n) is 18.1. The lowest BCUT2D eigenvalue weighted by atomic mass is 9.93. The molecule has 0 radical (unpaired) electrons. The van der Waals surface area contributed by atoms with Crippen molar-refractivity contribution >= 4 is 5.91 Å². The molecule has 2 fully saturated rings. The lowest BCUT2D eigenvalue weighted by Gasteiger charge is -2.39. The van der Waals surface area contributed by atoms with E-state index >= 15 is 0 Å². The Balaban J connectivity index is 1.20. The van der Waals surface area contributed by atoms with Gasteiger partial charge in [0.2, 0.25) is 5.91 Å². The molecule has 0 bridgehead atoms. The molecule has 2 saturated heterocycles. The molecule has 5 nitrogen and oxygen atoms in total. The fraction of sp³-hybridized carbons (Fsp3) is 0.520. The quantitative estimate of drug-likeness (QED) is 0.737. The van der Waals surface area contributed by atoms with Gasteiger partial charge in [-0.25, -0.2) is 0 Å². The minimum Gasteiger partial charge on any atom is -0.342 e. The third-order valence-corrected chi connectivity index (χ3v) is 6.74. The van der Waals surface area contributed by atoms with E-state index in [4.69, 9.17) is 0 Å². The van der Waals surface area contributed by atoms with E-state index in [2.05, 4.69) is 63.1 Å². The van der Waals surface area contributed by atoms with Crippen LogP contribution in [0.1, 0.15) is 36.8 Å². The van der Waals surface area contributed by atoms with E-state index in [9.17, 15) is 4.79 Å². The number of benzene rings is 1. The van der Waals surface area contributed by atoms with Gasteiger partial charge < -0.3 is 4.90 Å². The Labute approximate surface area is 180 Å². The molecule has 0 N–H and O–H groups in total. The molecule has 0 atom stereocenters. The average molecular weight is 407 g/mol. The number of likely N-dealkylation sites (tertiary alicyclic amines) is 2. The second-order valence-electron chi connectivity index (χ2n) is 8.87. The largest absolute Gasteiger partial charge is 0.342 e. The summed E-state index contributed by atoms with van der Waals surface area (Å²) >= 11 is 0. The Morgan fingerprint density at radius 1 is 0.967 bits per heavy atom. The van der Waals surface area contributed by atoms with E-state index in [1.54, 1.807) is 0 Å². The van der Waals surface area contributed by atoms with Crippen LogP contribution in [0.4, 0.5) is 0 Å². The summed E-state index contributed by atoms with van der Waals surface area (Å²) in [7, 11) is 2.22. The monoisotopic (exact) mass is 406 g/mol. The zero-order chi connectivity index (χ0) is 20.8. The molecule has 1 aromatic carbocycles. The van der Waals surface area contributed by atoms with Crippen LogP contribution in [0.25, 0.3) is 0 Å². The number of nitrogens with zero attached hydrogens (tertiary/aromatic N) is 4. The maximum Gasteiger partial charge on any atom is 0.225 e. The number of amides is 1. The van der Waals surface area contributed by atoms with Crippen LogP contribution in [0.15, 0.2) is 54.9 Å². The smallest absolute Gasteiger partial charge is 0.225 e. The van der Waals surface area contributed by atoms with Crippen molar-refractivity contribution in [2.45, 2.75) is 44.8 Å². The average Bonchev–Trinajstić information content (AvgIpc) is 2.80. The Bertz CT molecular complexity index is 781. The normalized spacial score (nSPS) is 19.3. The van der Waals surface area contributed by atoms with Gasteiger partial charge in [0.1, 0.15) is 0 Å². The minimum atomic E-state index is 0.203. The summed E-state index contributed by atoms with van der Waals surface area (Å²) in [6.07, 6.45) is 7.87. The van der Waals surface area contributed by atoms with Crippen molar-refractivity contribution in [1.29, 1.82) is 0 Å². The van der Waals surface area contributed by atoms with Crippen LogP contribution < -0.4 is 0 Å². The SMILES string of the molecule is CN(Cc1ccccc1)C1CCN(C(=O)C2CCN(Cc3cccnc3)CC2)CC1. The van der Waals surface area contributed by atoms with Crippen molar-refractivity contribution in [3.63, 3.8) is 0 Å². The molecule has 2 aliphatic heterocycles. The predicted molar refractivity (Wildman–Crippen MR) is 120 cm³/mol. The van der Waals surface area contributed by atoms with Crippen LogP contribution in [0, 0.1) is 5.92 Å². The van der Waals surface area contributed by atoms with Crippen LogP contribution in [0.5, 0.6) is 0 Å². The van der Waals surface area contributed by atoms with E-state index in [0.717, 1.165) is 65.0 Å². The molecule has 1 amide bonds. The van der Waals surface area contributed by atoms with Crippen LogP contribution in [0.2, 0.25) is 0 Å². The van der Waals surface area contributed by atoms with Crippen molar-refractivity contribution in [3.8, 4) is 0 Å². The molecule has 0 spiro atoms. The summed E-state index contributed by atoms with van der Waals surface area (Å²) in [5.74, 6) is 0.592. The summed E-state index contributed by atoms with van der Waals surface area (Å²) in [6, 6.07) is 15.3. The third-order valence-electron chi connectivity index (χ3n) is 6.74.